The van der Waals surface area contributed by atoms with Crippen molar-refractivity contribution in [2.45, 2.75) is 0 Å². The molecule has 0 aliphatic carbocycles. The summed E-state index contributed by atoms with van der Waals surface area (Å²) < 4.78 is 0. The van der Waals surface area contributed by atoms with Gasteiger partial charge in [0.1, 0.15) is 12.2 Å². The number of amidine groups is 1. The summed E-state index contributed by atoms with van der Waals surface area (Å²) in [6, 6.07) is 15.4. The van der Waals surface area contributed by atoms with Crippen molar-refractivity contribution < 1.29 is 0 Å². The number of hydrogen-bond donors (Lipinski definition) is 0. The molecule has 0 radical (unpaired) electrons. The Labute approximate surface area is 134 Å². The van der Waals surface area contributed by atoms with E-state index in [9.17, 15) is 0 Å². The molecule has 0 aliphatic rings. The van der Waals surface area contributed by atoms with Gasteiger partial charge in [0.15, 0.2) is 5.82 Å². The number of halogens is 1. The first-order valence-electron chi connectivity index (χ1n) is 6.87. The highest BCUT2D eigenvalue weighted by molar-refractivity contribution is 6.30. The van der Waals surface area contributed by atoms with Gasteiger partial charge in [-0.2, -0.15) is 0 Å². The maximum absolute atomic E-state index is 5.96. The van der Waals surface area contributed by atoms with E-state index >= 15 is 0 Å². The summed E-state index contributed by atoms with van der Waals surface area (Å²) in [5.41, 5.74) is 1.86. The lowest BCUT2D eigenvalue weighted by Crippen LogP contribution is -2.22. The van der Waals surface area contributed by atoms with E-state index in [1.165, 1.54) is 6.33 Å². The fourth-order valence-corrected chi connectivity index (χ4v) is 2.33. The molecule has 0 bridgehead atoms. The van der Waals surface area contributed by atoms with Crippen LogP contribution in [0.5, 0.6) is 0 Å². The van der Waals surface area contributed by atoms with Crippen LogP contribution in [0.25, 0.3) is 10.9 Å². The molecule has 22 heavy (non-hydrogen) atoms. The third-order valence-electron chi connectivity index (χ3n) is 3.26. The number of benzene rings is 2. The molecule has 110 valence electrons. The Morgan fingerprint density at radius 3 is 2.45 bits per heavy atom. The topological polar surface area (TPSA) is 41.4 Å². The first-order chi connectivity index (χ1) is 10.6. The van der Waals surface area contributed by atoms with Gasteiger partial charge in [-0.25, -0.2) is 15.0 Å². The summed E-state index contributed by atoms with van der Waals surface area (Å²) in [5, 5.41) is 1.63. The Morgan fingerprint density at radius 1 is 1.00 bits per heavy atom. The molecular weight excluding hydrogens is 296 g/mol. The molecule has 0 amide bonds. The van der Waals surface area contributed by atoms with Crippen LogP contribution in [0.15, 0.2) is 59.9 Å². The molecule has 0 aliphatic heterocycles. The molecule has 1 aromatic heterocycles. The van der Waals surface area contributed by atoms with Gasteiger partial charge in [-0.05, 0) is 36.4 Å². The van der Waals surface area contributed by atoms with Gasteiger partial charge in [-0.15, -0.1) is 0 Å². The molecule has 0 N–H and O–H groups in total. The lowest BCUT2D eigenvalue weighted by Gasteiger charge is -2.16. The van der Waals surface area contributed by atoms with Crippen LogP contribution in [-0.4, -0.2) is 34.8 Å². The zero-order valence-corrected chi connectivity index (χ0v) is 13.1. The Balaban J connectivity index is 2.15. The minimum atomic E-state index is 0.657. The SMILES string of the molecule is CN(C)C(=Nc1ncnc2ccccc12)c1ccc(Cl)cc1. The number of rotatable bonds is 2. The van der Waals surface area contributed by atoms with Crippen molar-refractivity contribution in [3.8, 4) is 0 Å². The summed E-state index contributed by atoms with van der Waals surface area (Å²) in [6.07, 6.45) is 1.54. The van der Waals surface area contributed by atoms with Crippen LogP contribution >= 0.6 is 11.6 Å². The second-order valence-corrected chi connectivity index (χ2v) is 5.49. The van der Waals surface area contributed by atoms with Crippen molar-refractivity contribution in [3.05, 3.63) is 65.4 Å². The summed E-state index contributed by atoms with van der Waals surface area (Å²) in [4.78, 5) is 15.3. The molecule has 2 aromatic carbocycles. The summed E-state index contributed by atoms with van der Waals surface area (Å²) >= 11 is 5.96. The Morgan fingerprint density at radius 2 is 1.73 bits per heavy atom. The Bertz CT molecular complexity index is 820. The van der Waals surface area contributed by atoms with E-state index < -0.39 is 0 Å². The van der Waals surface area contributed by atoms with E-state index in [0.29, 0.717) is 10.8 Å². The molecule has 0 fully saturated rings. The quantitative estimate of drug-likeness (QED) is 0.532. The highest BCUT2D eigenvalue weighted by atomic mass is 35.5. The number of hydrogen-bond acceptors (Lipinski definition) is 3. The van der Waals surface area contributed by atoms with E-state index in [1.807, 2.05) is 67.5 Å². The molecule has 0 spiro atoms. The number of fused-ring (bicyclic) bond motifs is 1. The first kappa shape index (κ1) is 14.5. The van der Waals surface area contributed by atoms with Gasteiger partial charge in [0.25, 0.3) is 0 Å². The number of aromatic nitrogens is 2. The van der Waals surface area contributed by atoms with E-state index in [2.05, 4.69) is 9.97 Å². The van der Waals surface area contributed by atoms with E-state index in [-0.39, 0.29) is 0 Å². The lowest BCUT2D eigenvalue weighted by molar-refractivity contribution is 0.624. The second kappa shape index (κ2) is 6.12. The van der Waals surface area contributed by atoms with Gasteiger partial charge in [-0.1, -0.05) is 23.7 Å². The molecule has 3 rings (SSSR count). The normalized spacial score (nSPS) is 11.7. The van der Waals surface area contributed by atoms with Crippen LogP contribution in [0, 0.1) is 0 Å². The van der Waals surface area contributed by atoms with Crippen LogP contribution in [-0.2, 0) is 0 Å². The van der Waals surface area contributed by atoms with Crippen molar-refractivity contribution >= 4 is 34.2 Å². The zero-order chi connectivity index (χ0) is 15.5. The second-order valence-electron chi connectivity index (χ2n) is 5.05. The molecule has 0 atom stereocenters. The predicted molar refractivity (Wildman–Crippen MR) is 90.9 cm³/mol. The highest BCUT2D eigenvalue weighted by Crippen LogP contribution is 2.23. The monoisotopic (exact) mass is 310 g/mol. The summed E-state index contributed by atoms with van der Waals surface area (Å²) in [7, 11) is 3.91. The Kier molecular flexibility index (Phi) is 4.02. The van der Waals surface area contributed by atoms with Crippen LogP contribution in [0.1, 0.15) is 5.56 Å². The summed E-state index contributed by atoms with van der Waals surface area (Å²) in [5.74, 6) is 1.48. The minimum Gasteiger partial charge on any atom is -0.362 e. The van der Waals surface area contributed by atoms with Crippen molar-refractivity contribution in [3.63, 3.8) is 0 Å². The number of para-hydroxylation sites is 1. The van der Waals surface area contributed by atoms with Crippen molar-refractivity contribution in [2.24, 2.45) is 4.99 Å². The molecule has 5 heteroatoms. The van der Waals surface area contributed by atoms with E-state index in [0.717, 1.165) is 22.3 Å². The van der Waals surface area contributed by atoms with Crippen molar-refractivity contribution in [1.29, 1.82) is 0 Å². The van der Waals surface area contributed by atoms with E-state index in [4.69, 9.17) is 16.6 Å². The molecule has 0 saturated carbocycles. The van der Waals surface area contributed by atoms with Gasteiger partial charge in [0, 0.05) is 30.1 Å². The van der Waals surface area contributed by atoms with Crippen molar-refractivity contribution in [2.75, 3.05) is 14.1 Å². The minimum absolute atomic E-state index is 0.657. The molecule has 0 unspecified atom stereocenters. The maximum atomic E-state index is 5.96. The lowest BCUT2D eigenvalue weighted by atomic mass is 10.2. The fourth-order valence-electron chi connectivity index (χ4n) is 2.20. The molecule has 4 nitrogen and oxygen atoms in total. The molecule has 3 aromatic rings. The Hall–Kier alpha value is -2.46. The third-order valence-corrected chi connectivity index (χ3v) is 3.51. The van der Waals surface area contributed by atoms with Crippen LogP contribution in [0.3, 0.4) is 0 Å². The average Bonchev–Trinajstić information content (AvgIpc) is 2.53. The predicted octanol–water partition coefficient (Wildman–Crippen LogP) is 3.92. The first-order valence-corrected chi connectivity index (χ1v) is 7.24. The number of aliphatic imine (C=N–C) groups is 1. The van der Waals surface area contributed by atoms with Crippen molar-refractivity contribution in [1.82, 2.24) is 14.9 Å². The zero-order valence-electron chi connectivity index (χ0n) is 12.4. The van der Waals surface area contributed by atoms with Gasteiger partial charge >= 0.3 is 0 Å². The average molecular weight is 311 g/mol. The van der Waals surface area contributed by atoms with Gasteiger partial charge < -0.3 is 4.90 Å². The highest BCUT2D eigenvalue weighted by Gasteiger charge is 2.09. The van der Waals surface area contributed by atoms with E-state index in [1.54, 1.807) is 0 Å². The van der Waals surface area contributed by atoms with Gasteiger partial charge in [0.2, 0.25) is 0 Å². The van der Waals surface area contributed by atoms with Crippen LogP contribution < -0.4 is 0 Å². The van der Waals surface area contributed by atoms with Gasteiger partial charge in [0.05, 0.1) is 5.52 Å². The smallest absolute Gasteiger partial charge is 0.165 e. The maximum Gasteiger partial charge on any atom is 0.165 e. The van der Waals surface area contributed by atoms with Gasteiger partial charge in [-0.3, -0.25) is 0 Å². The molecule has 1 heterocycles. The number of nitrogens with zero attached hydrogens (tertiary/aromatic N) is 4. The molecule has 0 saturated heterocycles. The van der Waals surface area contributed by atoms with Crippen LogP contribution in [0.4, 0.5) is 5.82 Å². The standard InChI is InChI=1S/C17H15ClN4/c1-22(2)17(12-7-9-13(18)10-8-12)21-16-14-5-3-4-6-15(14)19-11-20-16/h3-11H,1-2H3. The summed E-state index contributed by atoms with van der Waals surface area (Å²) in [6.45, 7) is 0. The largest absolute Gasteiger partial charge is 0.362 e. The van der Waals surface area contributed by atoms with Crippen LogP contribution in [0.2, 0.25) is 5.02 Å². The molecular formula is C17H15ClN4. The fraction of sp³-hybridized carbons (Fsp3) is 0.118. The third kappa shape index (κ3) is 2.92.